The maximum absolute atomic E-state index is 10.7. The number of nitrogens with zero attached hydrogens (tertiary/aromatic N) is 1. The largest absolute Gasteiger partial charge is 0.477 e. The van der Waals surface area contributed by atoms with Crippen LogP contribution in [0, 0.1) is 11.3 Å². The van der Waals surface area contributed by atoms with Gasteiger partial charge in [-0.3, -0.25) is 0 Å². The maximum Gasteiger partial charge on any atom is 0.347 e. The molecule has 2 amide bonds. The van der Waals surface area contributed by atoms with Crippen molar-refractivity contribution in [2.45, 2.75) is 6.92 Å². The van der Waals surface area contributed by atoms with Crippen molar-refractivity contribution >= 4 is 12.0 Å². The zero-order chi connectivity index (χ0) is 10.3. The molecule has 0 saturated carbocycles. The Labute approximate surface area is 74.8 Å². The summed E-state index contributed by atoms with van der Waals surface area (Å²) >= 11 is 0. The highest BCUT2D eigenvalue weighted by molar-refractivity contribution is 5.91. The quantitative estimate of drug-likeness (QED) is 0.416. The minimum absolute atomic E-state index is 0.425. The summed E-state index contributed by atoms with van der Waals surface area (Å²) in [5.41, 5.74) is -0.522. The zero-order valence-corrected chi connectivity index (χ0v) is 7.00. The number of urea groups is 1. The summed E-state index contributed by atoms with van der Waals surface area (Å²) in [5.74, 6) is -1.38. The van der Waals surface area contributed by atoms with E-state index in [0.29, 0.717) is 6.54 Å². The van der Waals surface area contributed by atoms with Gasteiger partial charge in [0.2, 0.25) is 0 Å². The number of carbonyl (C=O) groups is 2. The van der Waals surface area contributed by atoms with Crippen LogP contribution >= 0.6 is 0 Å². The first-order chi connectivity index (χ1) is 6.11. The highest BCUT2D eigenvalue weighted by Gasteiger charge is 2.05. The number of hydrogen-bond acceptors (Lipinski definition) is 3. The maximum atomic E-state index is 10.7. The van der Waals surface area contributed by atoms with Gasteiger partial charge in [0.05, 0.1) is 0 Å². The topological polar surface area (TPSA) is 102 Å². The number of nitriles is 1. The SMILES string of the molecule is CCNC(=O)N/C=C(\C#N)C(=O)O. The van der Waals surface area contributed by atoms with Crippen LogP contribution in [-0.4, -0.2) is 23.7 Å². The second-order valence-electron chi connectivity index (χ2n) is 1.98. The summed E-state index contributed by atoms with van der Waals surface area (Å²) in [6.07, 6.45) is 0.841. The lowest BCUT2D eigenvalue weighted by atomic mass is 10.3. The highest BCUT2D eigenvalue weighted by atomic mass is 16.4. The molecule has 0 aliphatic carbocycles. The van der Waals surface area contributed by atoms with Crippen LogP contribution in [-0.2, 0) is 4.79 Å². The molecule has 0 spiro atoms. The van der Waals surface area contributed by atoms with E-state index in [1.54, 1.807) is 6.92 Å². The van der Waals surface area contributed by atoms with Gasteiger partial charge >= 0.3 is 12.0 Å². The Morgan fingerprint density at radius 3 is 2.62 bits per heavy atom. The van der Waals surface area contributed by atoms with Crippen molar-refractivity contribution in [3.05, 3.63) is 11.8 Å². The molecular formula is C7H9N3O3. The Kier molecular flexibility index (Phi) is 4.72. The second kappa shape index (κ2) is 5.60. The normalized spacial score (nSPS) is 10.0. The van der Waals surface area contributed by atoms with E-state index >= 15 is 0 Å². The summed E-state index contributed by atoms with van der Waals surface area (Å²) in [4.78, 5) is 21.0. The fraction of sp³-hybridized carbons (Fsp3) is 0.286. The van der Waals surface area contributed by atoms with Gasteiger partial charge in [0.25, 0.3) is 0 Å². The molecule has 0 aliphatic heterocycles. The van der Waals surface area contributed by atoms with Crippen molar-refractivity contribution in [3.63, 3.8) is 0 Å². The number of carbonyl (C=O) groups excluding carboxylic acids is 1. The van der Waals surface area contributed by atoms with Gasteiger partial charge in [-0.05, 0) is 6.92 Å². The number of carboxylic acids is 1. The molecule has 0 rings (SSSR count). The van der Waals surface area contributed by atoms with E-state index in [1.807, 2.05) is 0 Å². The van der Waals surface area contributed by atoms with Gasteiger partial charge in [0.15, 0.2) is 5.57 Å². The van der Waals surface area contributed by atoms with Gasteiger partial charge in [-0.25, -0.2) is 9.59 Å². The number of amides is 2. The van der Waals surface area contributed by atoms with Crippen LogP contribution in [0.5, 0.6) is 0 Å². The van der Waals surface area contributed by atoms with E-state index < -0.39 is 17.6 Å². The molecule has 0 heterocycles. The molecule has 0 aliphatic rings. The van der Waals surface area contributed by atoms with Gasteiger partial charge in [-0.1, -0.05) is 0 Å². The van der Waals surface area contributed by atoms with Crippen LogP contribution in [0.1, 0.15) is 6.92 Å². The van der Waals surface area contributed by atoms with Gasteiger partial charge in [0, 0.05) is 12.7 Å². The third-order valence-electron chi connectivity index (χ3n) is 1.04. The molecular weight excluding hydrogens is 174 g/mol. The van der Waals surface area contributed by atoms with Gasteiger partial charge in [0.1, 0.15) is 6.07 Å². The van der Waals surface area contributed by atoms with Crippen molar-refractivity contribution in [3.8, 4) is 6.07 Å². The van der Waals surface area contributed by atoms with E-state index in [2.05, 4.69) is 10.6 Å². The molecule has 0 fully saturated rings. The molecule has 0 atom stereocenters. The van der Waals surface area contributed by atoms with E-state index in [1.165, 1.54) is 6.07 Å². The fourth-order valence-corrected chi connectivity index (χ4v) is 0.491. The standard InChI is InChI=1S/C7H9N3O3/c1-2-9-7(13)10-4-5(3-8)6(11)12/h4H,2H2,1H3,(H,11,12)(H2,9,10,13)/b5-4+. The van der Waals surface area contributed by atoms with E-state index in [-0.39, 0.29) is 0 Å². The van der Waals surface area contributed by atoms with Gasteiger partial charge < -0.3 is 15.7 Å². The van der Waals surface area contributed by atoms with Crippen LogP contribution in [0.3, 0.4) is 0 Å². The van der Waals surface area contributed by atoms with Crippen LogP contribution < -0.4 is 10.6 Å². The molecule has 0 saturated heterocycles. The first-order valence-corrected chi connectivity index (χ1v) is 3.49. The van der Waals surface area contributed by atoms with Crippen LogP contribution in [0.15, 0.2) is 11.8 Å². The highest BCUT2D eigenvalue weighted by Crippen LogP contribution is 1.88. The van der Waals surface area contributed by atoms with Crippen molar-refractivity contribution < 1.29 is 14.7 Å². The molecule has 0 bridgehead atoms. The smallest absolute Gasteiger partial charge is 0.347 e. The Hall–Kier alpha value is -2.03. The summed E-state index contributed by atoms with van der Waals surface area (Å²) in [7, 11) is 0. The minimum atomic E-state index is -1.38. The van der Waals surface area contributed by atoms with Crippen LogP contribution in [0.4, 0.5) is 4.79 Å². The molecule has 3 N–H and O–H groups in total. The Morgan fingerprint density at radius 2 is 2.23 bits per heavy atom. The second-order valence-corrected chi connectivity index (χ2v) is 1.98. The monoisotopic (exact) mass is 183 g/mol. The first-order valence-electron chi connectivity index (χ1n) is 3.49. The van der Waals surface area contributed by atoms with Crippen molar-refractivity contribution in [2.75, 3.05) is 6.54 Å². The third kappa shape index (κ3) is 4.42. The Bertz CT molecular complexity index is 277. The zero-order valence-electron chi connectivity index (χ0n) is 7.00. The number of carboxylic acid groups (broad SMARTS) is 1. The number of aliphatic carboxylic acids is 1. The summed E-state index contributed by atoms with van der Waals surface area (Å²) in [6, 6.07) is 0.873. The van der Waals surface area contributed by atoms with Gasteiger partial charge in [-0.2, -0.15) is 5.26 Å². The van der Waals surface area contributed by atoms with Crippen LogP contribution in [0.2, 0.25) is 0 Å². The van der Waals surface area contributed by atoms with E-state index in [9.17, 15) is 9.59 Å². The summed E-state index contributed by atoms with van der Waals surface area (Å²) in [6.45, 7) is 2.14. The first kappa shape index (κ1) is 11.0. The lowest BCUT2D eigenvalue weighted by Crippen LogP contribution is -2.32. The predicted octanol–water partition coefficient (Wildman–Crippen LogP) is -0.202. The molecule has 0 aromatic heterocycles. The van der Waals surface area contributed by atoms with Crippen molar-refractivity contribution in [1.82, 2.24) is 10.6 Å². The van der Waals surface area contributed by atoms with Crippen molar-refractivity contribution in [2.24, 2.45) is 0 Å². The lowest BCUT2D eigenvalue weighted by Gasteiger charge is -1.99. The number of hydrogen-bond donors (Lipinski definition) is 3. The predicted molar refractivity (Wildman–Crippen MR) is 43.5 cm³/mol. The van der Waals surface area contributed by atoms with Crippen molar-refractivity contribution in [1.29, 1.82) is 5.26 Å². The Morgan fingerprint density at radius 1 is 1.62 bits per heavy atom. The molecule has 0 unspecified atom stereocenters. The van der Waals surface area contributed by atoms with Gasteiger partial charge in [-0.15, -0.1) is 0 Å². The molecule has 0 aromatic rings. The van der Waals surface area contributed by atoms with E-state index in [4.69, 9.17) is 10.4 Å². The number of nitrogens with one attached hydrogen (secondary N) is 2. The number of rotatable bonds is 3. The fourth-order valence-electron chi connectivity index (χ4n) is 0.491. The lowest BCUT2D eigenvalue weighted by molar-refractivity contribution is -0.132. The molecule has 13 heavy (non-hydrogen) atoms. The Balaban J connectivity index is 4.17. The molecule has 6 nitrogen and oxygen atoms in total. The average molecular weight is 183 g/mol. The molecule has 0 aromatic carbocycles. The van der Waals surface area contributed by atoms with E-state index in [0.717, 1.165) is 6.20 Å². The minimum Gasteiger partial charge on any atom is -0.477 e. The van der Waals surface area contributed by atoms with Crippen LogP contribution in [0.25, 0.3) is 0 Å². The molecule has 0 radical (unpaired) electrons. The molecule has 6 heteroatoms. The summed E-state index contributed by atoms with van der Waals surface area (Å²) < 4.78 is 0. The molecule has 70 valence electrons. The average Bonchev–Trinajstić information content (AvgIpc) is 2.05. The third-order valence-corrected chi connectivity index (χ3v) is 1.04. The summed E-state index contributed by atoms with van der Waals surface area (Å²) in [5, 5.41) is 21.1.